The van der Waals surface area contributed by atoms with E-state index in [0.717, 1.165) is 26.6 Å². The van der Waals surface area contributed by atoms with Gasteiger partial charge in [0.15, 0.2) is 0 Å². The number of sulfonamides is 1. The highest BCUT2D eigenvalue weighted by Crippen LogP contribution is 2.46. The van der Waals surface area contributed by atoms with Crippen LogP contribution in [-0.2, 0) is 21.3 Å². The molecule has 1 aliphatic carbocycles. The molecule has 1 saturated carbocycles. The number of nitrogens with one attached hydrogen (secondary N) is 1. The van der Waals surface area contributed by atoms with Crippen molar-refractivity contribution in [1.82, 2.24) is 19.1 Å². The van der Waals surface area contributed by atoms with Gasteiger partial charge in [-0.15, -0.1) is 0 Å². The van der Waals surface area contributed by atoms with Crippen LogP contribution in [0, 0.1) is 6.92 Å². The second kappa shape index (κ2) is 12.7. The van der Waals surface area contributed by atoms with Gasteiger partial charge in [-0.1, -0.05) is 12.1 Å². The molecule has 0 spiro atoms. The van der Waals surface area contributed by atoms with Crippen LogP contribution in [0.25, 0.3) is 10.9 Å². The van der Waals surface area contributed by atoms with Crippen LogP contribution in [-0.4, -0.2) is 98.2 Å². The zero-order valence-electron chi connectivity index (χ0n) is 28.6. The summed E-state index contributed by atoms with van der Waals surface area (Å²) < 4.78 is 40.7. The fraction of sp³-hybridized carbons (Fsp3) is 0.500. The van der Waals surface area contributed by atoms with Gasteiger partial charge in [-0.25, -0.2) is 23.0 Å². The molecule has 1 aromatic heterocycles. The van der Waals surface area contributed by atoms with E-state index in [1.165, 1.54) is 0 Å². The first-order valence-electron chi connectivity index (χ1n) is 15.8. The average Bonchev–Trinajstić information content (AvgIpc) is 3.75. The summed E-state index contributed by atoms with van der Waals surface area (Å²) in [6.07, 6.45) is 0.198. The van der Waals surface area contributed by atoms with E-state index in [9.17, 15) is 18.0 Å². The molecular formula is C34H46N6O6S. The molecule has 2 aliphatic rings. The van der Waals surface area contributed by atoms with Gasteiger partial charge >= 0.3 is 12.1 Å². The minimum atomic E-state index is -4.35. The first-order chi connectivity index (χ1) is 22.0. The fourth-order valence-corrected chi connectivity index (χ4v) is 7.49. The quantitative estimate of drug-likeness (QED) is 0.334. The zero-order valence-corrected chi connectivity index (χ0v) is 29.4. The highest BCUT2D eigenvalue weighted by atomic mass is 32.2. The number of rotatable bonds is 8. The lowest BCUT2D eigenvalue weighted by Gasteiger charge is -2.38. The number of aryl methyl sites for hydroxylation is 1. The van der Waals surface area contributed by atoms with E-state index in [1.54, 1.807) is 70.8 Å². The molecule has 2 aromatic carbocycles. The van der Waals surface area contributed by atoms with Crippen molar-refractivity contribution in [2.24, 2.45) is 0 Å². The number of methoxy groups -OCH3 is 1. The van der Waals surface area contributed by atoms with Crippen molar-refractivity contribution in [2.45, 2.75) is 70.0 Å². The fourth-order valence-electron chi connectivity index (χ4n) is 5.77. The number of urea groups is 1. The molecule has 47 heavy (non-hydrogen) atoms. The summed E-state index contributed by atoms with van der Waals surface area (Å²) >= 11 is 0. The standard InChI is InChI=1S/C34H46N6O6S/c1-23-19-29(35-22-24-9-11-25(45-8)12-10-24)36-27-20-26(47(43,44)40(34(5)13-14-34)32(42)46-33(2,3)4)21-28(30(23)27)38-15-17-39(18-16-38)31(41)37(6)7/h9-12,19-21H,13-18,22H2,1-8H3,(H,35,36). The molecule has 5 rings (SSSR count). The van der Waals surface area contributed by atoms with Crippen molar-refractivity contribution in [3.63, 3.8) is 0 Å². The molecule has 0 atom stereocenters. The summed E-state index contributed by atoms with van der Waals surface area (Å²) in [4.78, 5) is 36.4. The Hall–Kier alpha value is -4.26. The molecule has 13 heteroatoms. The predicted molar refractivity (Wildman–Crippen MR) is 183 cm³/mol. The van der Waals surface area contributed by atoms with Crippen LogP contribution >= 0.6 is 0 Å². The van der Waals surface area contributed by atoms with Gasteiger partial charge in [0.05, 0.1) is 23.1 Å². The van der Waals surface area contributed by atoms with Crippen molar-refractivity contribution < 1.29 is 27.5 Å². The third-order valence-electron chi connectivity index (χ3n) is 8.53. The van der Waals surface area contributed by atoms with Crippen molar-refractivity contribution >= 4 is 44.6 Å². The van der Waals surface area contributed by atoms with E-state index in [0.29, 0.717) is 62.6 Å². The first kappa shape index (κ1) is 34.1. The number of amides is 3. The van der Waals surface area contributed by atoms with Crippen LogP contribution in [0.3, 0.4) is 0 Å². The zero-order chi connectivity index (χ0) is 34.3. The van der Waals surface area contributed by atoms with Gasteiger partial charge in [0.25, 0.3) is 10.0 Å². The van der Waals surface area contributed by atoms with Crippen molar-refractivity contribution in [3.8, 4) is 5.75 Å². The van der Waals surface area contributed by atoms with Gasteiger partial charge < -0.3 is 29.5 Å². The number of aromatic nitrogens is 1. The number of benzene rings is 2. The number of pyridine rings is 1. The van der Waals surface area contributed by atoms with E-state index in [2.05, 4.69) is 10.2 Å². The van der Waals surface area contributed by atoms with Crippen LogP contribution in [0.1, 0.15) is 51.7 Å². The number of fused-ring (bicyclic) bond motifs is 1. The molecule has 2 heterocycles. The number of ether oxygens (including phenoxy) is 2. The van der Waals surface area contributed by atoms with Crippen molar-refractivity contribution in [2.75, 3.05) is 57.6 Å². The largest absolute Gasteiger partial charge is 0.497 e. The molecule has 2 fully saturated rings. The third-order valence-corrected chi connectivity index (χ3v) is 10.4. The predicted octanol–water partition coefficient (Wildman–Crippen LogP) is 5.45. The Morgan fingerprint density at radius 3 is 2.21 bits per heavy atom. The Bertz CT molecular complexity index is 1760. The molecular weight excluding hydrogens is 620 g/mol. The van der Waals surface area contributed by atoms with Gasteiger partial charge in [-0.2, -0.15) is 4.31 Å². The number of nitrogens with zero attached hydrogens (tertiary/aromatic N) is 5. The smallest absolute Gasteiger partial charge is 0.424 e. The lowest BCUT2D eigenvalue weighted by atomic mass is 10.1. The van der Waals surface area contributed by atoms with Gasteiger partial charge in [-0.3, -0.25) is 0 Å². The summed E-state index contributed by atoms with van der Waals surface area (Å²) in [7, 11) is 0.718. The Labute approximate surface area is 277 Å². The van der Waals surface area contributed by atoms with E-state index in [-0.39, 0.29) is 10.9 Å². The number of hydrogen-bond acceptors (Lipinski definition) is 9. The molecule has 0 bridgehead atoms. The van der Waals surface area contributed by atoms with Crippen LogP contribution in [0.15, 0.2) is 47.4 Å². The molecule has 1 saturated heterocycles. The van der Waals surface area contributed by atoms with E-state index < -0.39 is 27.3 Å². The first-order valence-corrected chi connectivity index (χ1v) is 17.3. The van der Waals surface area contributed by atoms with E-state index in [1.807, 2.05) is 37.3 Å². The summed E-state index contributed by atoms with van der Waals surface area (Å²) in [5, 5.41) is 4.18. The van der Waals surface area contributed by atoms with Crippen LogP contribution in [0.2, 0.25) is 0 Å². The summed E-state index contributed by atoms with van der Waals surface area (Å²) in [6, 6.07) is 12.8. The van der Waals surface area contributed by atoms with Crippen LogP contribution in [0.4, 0.5) is 21.1 Å². The number of piperazine rings is 1. The molecule has 1 N–H and O–H groups in total. The monoisotopic (exact) mass is 666 g/mol. The number of carbonyl (C=O) groups excluding carboxylic acids is 2. The second-order valence-electron chi connectivity index (χ2n) is 13.8. The molecule has 0 radical (unpaired) electrons. The molecule has 0 unspecified atom stereocenters. The van der Waals surface area contributed by atoms with Gasteiger partial charge in [0.2, 0.25) is 0 Å². The minimum absolute atomic E-state index is 0.0370. The summed E-state index contributed by atoms with van der Waals surface area (Å²) in [5.74, 6) is 1.35. The molecule has 3 amide bonds. The molecule has 12 nitrogen and oxygen atoms in total. The van der Waals surface area contributed by atoms with Gasteiger partial charge in [-0.05, 0) is 88.9 Å². The second-order valence-corrected chi connectivity index (χ2v) is 15.5. The lowest BCUT2D eigenvalue weighted by Crippen LogP contribution is -2.51. The average molecular weight is 667 g/mol. The normalized spacial score (nSPS) is 16.1. The van der Waals surface area contributed by atoms with Crippen LogP contribution in [0.5, 0.6) is 5.75 Å². The van der Waals surface area contributed by atoms with Gasteiger partial charge in [0, 0.05) is 57.9 Å². The third kappa shape index (κ3) is 7.34. The summed E-state index contributed by atoms with van der Waals surface area (Å²) in [5.41, 5.74) is 1.36. The number of hydrogen-bond donors (Lipinski definition) is 1. The Morgan fingerprint density at radius 1 is 1.02 bits per heavy atom. The number of carbonyl (C=O) groups is 2. The highest BCUT2D eigenvalue weighted by molar-refractivity contribution is 7.89. The van der Waals surface area contributed by atoms with Gasteiger partial charge in [0.1, 0.15) is 17.2 Å². The molecule has 1 aliphatic heterocycles. The molecule has 3 aromatic rings. The maximum atomic E-state index is 14.5. The summed E-state index contributed by atoms with van der Waals surface area (Å²) in [6.45, 7) is 11.3. The highest BCUT2D eigenvalue weighted by Gasteiger charge is 2.53. The Balaban J connectivity index is 1.57. The lowest BCUT2D eigenvalue weighted by molar-refractivity contribution is 0.0331. The van der Waals surface area contributed by atoms with E-state index >= 15 is 0 Å². The molecule has 254 valence electrons. The maximum Gasteiger partial charge on any atom is 0.424 e. The van der Waals surface area contributed by atoms with Crippen LogP contribution < -0.4 is 15.0 Å². The Morgan fingerprint density at radius 2 is 1.66 bits per heavy atom. The maximum absolute atomic E-state index is 14.5. The van der Waals surface area contributed by atoms with E-state index in [4.69, 9.17) is 14.5 Å². The minimum Gasteiger partial charge on any atom is -0.497 e. The number of anilines is 2. The van der Waals surface area contributed by atoms with Crippen molar-refractivity contribution in [3.05, 3.63) is 53.6 Å². The van der Waals surface area contributed by atoms with Crippen molar-refractivity contribution in [1.29, 1.82) is 0 Å². The Kier molecular flexibility index (Phi) is 9.24. The SMILES string of the molecule is COc1ccc(CNc2cc(C)c3c(N4CCN(C(=O)N(C)C)CC4)cc(S(=O)(=O)N(C(=O)OC(C)(C)C)C4(C)CC4)cc3n2)cc1. The topological polar surface area (TPSA) is 125 Å².